The van der Waals surface area contributed by atoms with Crippen molar-refractivity contribution in [2.24, 2.45) is 0 Å². The molecule has 0 saturated heterocycles. The quantitative estimate of drug-likeness (QED) is 0.831. The van der Waals surface area contributed by atoms with Gasteiger partial charge in [0.1, 0.15) is 11.6 Å². The summed E-state index contributed by atoms with van der Waals surface area (Å²) in [5, 5.41) is 3.08. The lowest BCUT2D eigenvalue weighted by atomic mass is 10.0. The summed E-state index contributed by atoms with van der Waals surface area (Å²) in [6.07, 6.45) is 5.46. The minimum atomic E-state index is -0.193. The predicted molar refractivity (Wildman–Crippen MR) is 85.5 cm³/mol. The summed E-state index contributed by atoms with van der Waals surface area (Å²) >= 11 is 0. The van der Waals surface area contributed by atoms with E-state index in [0.29, 0.717) is 11.4 Å². The average Bonchev–Trinajstić information content (AvgIpc) is 2.68. The normalized spacial score (nSPS) is 17.4. The number of aromatic nitrogens is 2. The van der Waals surface area contributed by atoms with Crippen molar-refractivity contribution in [3.8, 4) is 0 Å². The molecule has 1 aromatic heterocycles. The molecule has 0 spiro atoms. The van der Waals surface area contributed by atoms with Crippen molar-refractivity contribution < 1.29 is 4.79 Å². The van der Waals surface area contributed by atoms with Gasteiger partial charge in [0.25, 0.3) is 5.91 Å². The van der Waals surface area contributed by atoms with Crippen LogP contribution in [0.2, 0.25) is 0 Å². The number of aryl methyl sites for hydroxylation is 2. The first-order valence-electron chi connectivity index (χ1n) is 7.60. The molecule has 2 aromatic rings. The Kier molecular flexibility index (Phi) is 4.04. The van der Waals surface area contributed by atoms with Crippen LogP contribution in [0.25, 0.3) is 0 Å². The molecule has 0 bridgehead atoms. The first-order valence-corrected chi connectivity index (χ1v) is 7.60. The highest BCUT2D eigenvalue weighted by atomic mass is 16.1. The summed E-state index contributed by atoms with van der Waals surface area (Å²) in [6.45, 7) is 1.75. The van der Waals surface area contributed by atoms with E-state index in [4.69, 9.17) is 5.73 Å². The lowest BCUT2D eigenvalue weighted by Gasteiger charge is -2.17. The molecule has 114 valence electrons. The number of nitrogens with zero attached hydrogens (tertiary/aromatic N) is 2. The highest BCUT2D eigenvalue weighted by Crippen LogP contribution is 2.21. The topological polar surface area (TPSA) is 80.9 Å². The second kappa shape index (κ2) is 6.13. The third kappa shape index (κ3) is 3.08. The second-order valence-electron chi connectivity index (χ2n) is 5.75. The van der Waals surface area contributed by atoms with E-state index in [-0.39, 0.29) is 17.8 Å². The number of nitrogen functional groups attached to an aromatic ring is 1. The van der Waals surface area contributed by atoms with Crippen LogP contribution in [0.1, 0.15) is 40.2 Å². The van der Waals surface area contributed by atoms with Gasteiger partial charge in [-0.3, -0.25) is 4.79 Å². The number of nitrogens with one attached hydrogen (secondary N) is 1. The Morgan fingerprint density at radius 1 is 1.32 bits per heavy atom. The van der Waals surface area contributed by atoms with Crippen LogP contribution in [-0.4, -0.2) is 21.9 Å². The van der Waals surface area contributed by atoms with Gasteiger partial charge < -0.3 is 11.1 Å². The van der Waals surface area contributed by atoms with Gasteiger partial charge in [0.15, 0.2) is 0 Å². The van der Waals surface area contributed by atoms with Gasteiger partial charge in [-0.2, -0.15) is 0 Å². The molecule has 0 aliphatic heterocycles. The van der Waals surface area contributed by atoms with Gasteiger partial charge in [0.05, 0.1) is 5.56 Å². The highest BCUT2D eigenvalue weighted by molar-refractivity contribution is 5.98. The Balaban J connectivity index is 1.74. The van der Waals surface area contributed by atoms with E-state index in [9.17, 15) is 4.79 Å². The van der Waals surface area contributed by atoms with E-state index in [1.165, 1.54) is 17.3 Å². The van der Waals surface area contributed by atoms with Crippen molar-refractivity contribution in [3.05, 3.63) is 53.0 Å². The number of carbonyl (C=O) groups excluding carboxylic acids is 1. The molecule has 5 heteroatoms. The predicted octanol–water partition coefficient (Wildman–Crippen LogP) is 2.04. The third-order valence-electron chi connectivity index (χ3n) is 4.10. The first kappa shape index (κ1) is 14.5. The Hall–Kier alpha value is -2.43. The lowest BCUT2D eigenvalue weighted by Crippen LogP contribution is -2.36. The molecule has 3 N–H and O–H groups in total. The zero-order chi connectivity index (χ0) is 15.5. The summed E-state index contributed by atoms with van der Waals surface area (Å²) in [7, 11) is 0. The fourth-order valence-electron chi connectivity index (χ4n) is 2.96. The smallest absolute Gasteiger partial charge is 0.256 e. The standard InChI is InChI=1S/C17H20N4O/c1-11-19-10-15(16(18)20-11)17(22)21-14-8-4-7-12-5-2-3-6-13(12)9-14/h2-3,5-6,10,14H,4,7-9H2,1H3,(H,21,22)(H2,18,19,20). The van der Waals surface area contributed by atoms with E-state index >= 15 is 0 Å². The van der Waals surface area contributed by atoms with Crippen LogP contribution in [0, 0.1) is 6.92 Å². The van der Waals surface area contributed by atoms with Crippen LogP contribution in [0.5, 0.6) is 0 Å². The fraction of sp³-hybridized carbons (Fsp3) is 0.353. The zero-order valence-corrected chi connectivity index (χ0v) is 12.7. The molecule has 1 aliphatic carbocycles. The van der Waals surface area contributed by atoms with Crippen LogP contribution in [0.15, 0.2) is 30.5 Å². The Morgan fingerprint density at radius 2 is 2.09 bits per heavy atom. The van der Waals surface area contributed by atoms with Crippen molar-refractivity contribution in [3.63, 3.8) is 0 Å². The van der Waals surface area contributed by atoms with E-state index in [1.807, 2.05) is 0 Å². The summed E-state index contributed by atoms with van der Waals surface area (Å²) in [6, 6.07) is 8.56. The molecule has 1 atom stereocenters. The van der Waals surface area contributed by atoms with Crippen LogP contribution in [0.3, 0.4) is 0 Å². The molecule has 5 nitrogen and oxygen atoms in total. The van der Waals surface area contributed by atoms with Gasteiger partial charge in [-0.05, 0) is 43.7 Å². The van der Waals surface area contributed by atoms with Crippen molar-refractivity contribution in [1.29, 1.82) is 0 Å². The molecule has 3 rings (SSSR count). The van der Waals surface area contributed by atoms with Gasteiger partial charge in [0.2, 0.25) is 0 Å². The minimum absolute atomic E-state index is 0.122. The van der Waals surface area contributed by atoms with Gasteiger partial charge in [-0.15, -0.1) is 0 Å². The Labute approximate surface area is 130 Å². The molecule has 1 aliphatic rings. The first-order chi connectivity index (χ1) is 10.6. The van der Waals surface area contributed by atoms with Gasteiger partial charge in [0, 0.05) is 12.2 Å². The monoisotopic (exact) mass is 296 g/mol. The Morgan fingerprint density at radius 3 is 2.86 bits per heavy atom. The van der Waals surface area contributed by atoms with E-state index < -0.39 is 0 Å². The SMILES string of the molecule is Cc1ncc(C(=O)NC2CCCc3ccccc3C2)c(N)n1. The number of rotatable bonds is 2. The molecule has 1 aromatic carbocycles. The second-order valence-corrected chi connectivity index (χ2v) is 5.75. The van der Waals surface area contributed by atoms with E-state index in [0.717, 1.165) is 25.7 Å². The molecule has 1 heterocycles. The maximum Gasteiger partial charge on any atom is 0.256 e. The number of nitrogens with two attached hydrogens (primary N) is 1. The van der Waals surface area contributed by atoms with Crippen LogP contribution in [0.4, 0.5) is 5.82 Å². The van der Waals surface area contributed by atoms with Gasteiger partial charge >= 0.3 is 0 Å². The molecule has 1 amide bonds. The summed E-state index contributed by atoms with van der Waals surface area (Å²) < 4.78 is 0. The molecular formula is C17H20N4O. The molecule has 0 saturated carbocycles. The van der Waals surface area contributed by atoms with Gasteiger partial charge in [-0.25, -0.2) is 9.97 Å². The maximum absolute atomic E-state index is 12.4. The number of carbonyl (C=O) groups is 1. The van der Waals surface area contributed by atoms with Crippen LogP contribution >= 0.6 is 0 Å². The minimum Gasteiger partial charge on any atom is -0.383 e. The third-order valence-corrected chi connectivity index (χ3v) is 4.10. The van der Waals surface area contributed by atoms with Crippen molar-refractivity contribution in [2.75, 3.05) is 5.73 Å². The summed E-state index contributed by atoms with van der Waals surface area (Å²) in [5.74, 6) is 0.610. The highest BCUT2D eigenvalue weighted by Gasteiger charge is 2.20. The van der Waals surface area contributed by atoms with E-state index in [1.54, 1.807) is 6.92 Å². The molecule has 0 radical (unpaired) electrons. The summed E-state index contributed by atoms with van der Waals surface area (Å²) in [4.78, 5) is 20.5. The average molecular weight is 296 g/mol. The number of fused-ring (bicyclic) bond motifs is 1. The number of hydrogen-bond donors (Lipinski definition) is 2. The molecular weight excluding hydrogens is 276 g/mol. The van der Waals surface area contributed by atoms with Crippen molar-refractivity contribution >= 4 is 11.7 Å². The van der Waals surface area contributed by atoms with Crippen LogP contribution < -0.4 is 11.1 Å². The molecule has 0 fully saturated rings. The number of amides is 1. The van der Waals surface area contributed by atoms with Crippen molar-refractivity contribution in [2.45, 2.75) is 38.6 Å². The zero-order valence-electron chi connectivity index (χ0n) is 12.7. The van der Waals surface area contributed by atoms with E-state index in [2.05, 4.69) is 39.6 Å². The van der Waals surface area contributed by atoms with Gasteiger partial charge in [-0.1, -0.05) is 24.3 Å². The number of benzene rings is 1. The largest absolute Gasteiger partial charge is 0.383 e. The number of anilines is 1. The number of hydrogen-bond acceptors (Lipinski definition) is 4. The summed E-state index contributed by atoms with van der Waals surface area (Å²) in [5.41, 5.74) is 8.88. The van der Waals surface area contributed by atoms with Crippen molar-refractivity contribution in [1.82, 2.24) is 15.3 Å². The molecule has 1 unspecified atom stereocenters. The Bertz CT molecular complexity index is 699. The lowest BCUT2D eigenvalue weighted by molar-refractivity contribution is 0.0935. The maximum atomic E-state index is 12.4. The van der Waals surface area contributed by atoms with Crippen LogP contribution in [-0.2, 0) is 12.8 Å². The molecule has 22 heavy (non-hydrogen) atoms. The fourth-order valence-corrected chi connectivity index (χ4v) is 2.96.